The molecule has 3 aromatic rings. The van der Waals surface area contributed by atoms with Crippen molar-refractivity contribution in [1.82, 2.24) is 14.5 Å². The molecule has 0 spiro atoms. The minimum Gasteiger partial charge on any atom is -0.454 e. The first-order valence-electron chi connectivity index (χ1n) is 15.0. The van der Waals surface area contributed by atoms with Gasteiger partial charge in [0.15, 0.2) is 11.5 Å². The molecule has 1 saturated carbocycles. The van der Waals surface area contributed by atoms with Gasteiger partial charge < -0.3 is 14.0 Å². The molecule has 1 unspecified atom stereocenters. The minimum atomic E-state index is 0.322. The normalized spacial score (nSPS) is 16.3. The minimum absolute atomic E-state index is 0.322. The molecule has 0 saturated heterocycles. The average molecular weight is 516 g/mol. The van der Waals surface area contributed by atoms with Crippen LogP contribution in [0.5, 0.6) is 11.5 Å². The van der Waals surface area contributed by atoms with Crippen LogP contribution < -0.4 is 9.47 Å². The second-order valence-electron chi connectivity index (χ2n) is 11.2. The van der Waals surface area contributed by atoms with E-state index in [0.29, 0.717) is 12.8 Å². The molecule has 2 heterocycles. The Labute approximate surface area is 229 Å². The molecule has 1 aromatic heterocycles. The SMILES string of the molecule is CCCCC(c1cnc(-c2ccccc2)n1CCCC)N(Cc1ccc2c(c1)OCO2)CC1CCCCC1. The van der Waals surface area contributed by atoms with Crippen LogP contribution in [0, 0.1) is 5.92 Å². The molecule has 5 nitrogen and oxygen atoms in total. The predicted molar refractivity (Wildman–Crippen MR) is 154 cm³/mol. The van der Waals surface area contributed by atoms with E-state index in [9.17, 15) is 0 Å². The van der Waals surface area contributed by atoms with E-state index in [1.165, 1.54) is 68.2 Å². The molecule has 2 aliphatic rings. The van der Waals surface area contributed by atoms with Crippen molar-refractivity contribution in [1.29, 1.82) is 0 Å². The van der Waals surface area contributed by atoms with Gasteiger partial charge in [-0.2, -0.15) is 0 Å². The first kappa shape index (κ1) is 26.8. The fourth-order valence-corrected chi connectivity index (χ4v) is 6.22. The molecule has 1 aliphatic carbocycles. The van der Waals surface area contributed by atoms with Crippen molar-refractivity contribution >= 4 is 0 Å². The zero-order valence-electron chi connectivity index (χ0n) is 23.4. The van der Waals surface area contributed by atoms with Crippen LogP contribution in [0.25, 0.3) is 11.4 Å². The Morgan fingerprint density at radius 3 is 2.53 bits per heavy atom. The Hall–Kier alpha value is -2.79. The van der Waals surface area contributed by atoms with Crippen LogP contribution in [-0.2, 0) is 13.1 Å². The summed E-state index contributed by atoms with van der Waals surface area (Å²) in [5, 5.41) is 0. The van der Waals surface area contributed by atoms with Crippen molar-refractivity contribution in [3.63, 3.8) is 0 Å². The van der Waals surface area contributed by atoms with E-state index in [0.717, 1.165) is 55.7 Å². The smallest absolute Gasteiger partial charge is 0.231 e. The van der Waals surface area contributed by atoms with Gasteiger partial charge in [0.25, 0.3) is 0 Å². The molecular formula is C33H45N3O2. The number of rotatable bonds is 13. The number of imidazole rings is 1. The molecule has 0 N–H and O–H groups in total. The zero-order valence-corrected chi connectivity index (χ0v) is 23.4. The van der Waals surface area contributed by atoms with Crippen molar-refractivity contribution in [2.75, 3.05) is 13.3 Å². The van der Waals surface area contributed by atoms with E-state index in [1.54, 1.807) is 0 Å². The fraction of sp³-hybridized carbons (Fsp3) is 0.545. The van der Waals surface area contributed by atoms with Gasteiger partial charge in [-0.25, -0.2) is 4.98 Å². The fourth-order valence-electron chi connectivity index (χ4n) is 6.22. The number of hydrogen-bond donors (Lipinski definition) is 0. The standard InChI is InChI=1S/C33H45N3O2/c1-3-5-17-29(30-22-34-33(36(30)20-6-4-2)28-15-11-8-12-16-28)35(23-26-13-9-7-10-14-26)24-27-18-19-31-32(21-27)38-25-37-31/h8,11-12,15-16,18-19,21-22,26,29H,3-7,9-10,13-14,17,20,23-25H2,1-2H3. The number of hydrogen-bond acceptors (Lipinski definition) is 4. The molecular weight excluding hydrogens is 470 g/mol. The van der Waals surface area contributed by atoms with Crippen LogP contribution in [0.1, 0.15) is 95.4 Å². The quantitative estimate of drug-likeness (QED) is 0.229. The summed E-state index contributed by atoms with van der Waals surface area (Å²) in [4.78, 5) is 7.83. The van der Waals surface area contributed by atoms with Crippen LogP contribution in [0.3, 0.4) is 0 Å². The number of aromatic nitrogens is 2. The van der Waals surface area contributed by atoms with Crippen LogP contribution in [-0.4, -0.2) is 27.8 Å². The summed E-state index contributed by atoms with van der Waals surface area (Å²) < 4.78 is 13.9. The third-order valence-electron chi connectivity index (χ3n) is 8.31. The molecule has 1 atom stereocenters. The molecule has 0 radical (unpaired) electrons. The highest BCUT2D eigenvalue weighted by Gasteiger charge is 2.29. The Kier molecular flexibility index (Phi) is 9.40. The van der Waals surface area contributed by atoms with Gasteiger partial charge in [0.1, 0.15) is 5.82 Å². The van der Waals surface area contributed by atoms with Crippen LogP contribution >= 0.6 is 0 Å². The van der Waals surface area contributed by atoms with E-state index in [1.807, 2.05) is 0 Å². The van der Waals surface area contributed by atoms with Gasteiger partial charge in [-0.15, -0.1) is 0 Å². The van der Waals surface area contributed by atoms with Gasteiger partial charge >= 0.3 is 0 Å². The summed E-state index contributed by atoms with van der Waals surface area (Å²) in [6.07, 6.45) is 14.9. The summed E-state index contributed by atoms with van der Waals surface area (Å²) in [5.41, 5.74) is 3.88. The third kappa shape index (κ3) is 6.43. The number of ether oxygens (including phenoxy) is 2. The molecule has 5 heteroatoms. The van der Waals surface area contributed by atoms with Crippen molar-refractivity contribution in [2.45, 2.75) is 97.2 Å². The molecule has 204 valence electrons. The maximum atomic E-state index is 5.74. The lowest BCUT2D eigenvalue weighted by molar-refractivity contribution is 0.127. The van der Waals surface area contributed by atoms with Gasteiger partial charge in [-0.05, 0) is 49.3 Å². The van der Waals surface area contributed by atoms with E-state index < -0.39 is 0 Å². The van der Waals surface area contributed by atoms with E-state index in [4.69, 9.17) is 14.5 Å². The average Bonchev–Trinajstić information content (AvgIpc) is 3.60. The summed E-state index contributed by atoms with van der Waals surface area (Å²) in [6, 6.07) is 17.6. The van der Waals surface area contributed by atoms with Crippen molar-refractivity contribution in [3.8, 4) is 22.9 Å². The van der Waals surface area contributed by atoms with Crippen LogP contribution in [0.2, 0.25) is 0 Å². The predicted octanol–water partition coefficient (Wildman–Crippen LogP) is 8.39. The topological polar surface area (TPSA) is 39.5 Å². The van der Waals surface area contributed by atoms with E-state index in [2.05, 4.69) is 78.0 Å². The lowest BCUT2D eigenvalue weighted by Crippen LogP contribution is -2.35. The highest BCUT2D eigenvalue weighted by Crippen LogP contribution is 2.37. The Morgan fingerprint density at radius 1 is 0.947 bits per heavy atom. The monoisotopic (exact) mass is 515 g/mol. The number of nitrogens with zero attached hydrogens (tertiary/aromatic N) is 3. The Bertz CT molecular complexity index is 1140. The van der Waals surface area contributed by atoms with Crippen molar-refractivity contribution < 1.29 is 9.47 Å². The Balaban J connectivity index is 1.51. The largest absolute Gasteiger partial charge is 0.454 e. The van der Waals surface area contributed by atoms with Gasteiger partial charge in [0.2, 0.25) is 6.79 Å². The van der Waals surface area contributed by atoms with E-state index in [-0.39, 0.29) is 0 Å². The molecule has 0 amide bonds. The van der Waals surface area contributed by atoms with Gasteiger partial charge in [0, 0.05) is 25.2 Å². The first-order valence-corrected chi connectivity index (χ1v) is 15.0. The maximum Gasteiger partial charge on any atom is 0.231 e. The number of benzene rings is 2. The van der Waals surface area contributed by atoms with E-state index >= 15 is 0 Å². The molecule has 0 bridgehead atoms. The number of fused-ring (bicyclic) bond motifs is 1. The summed E-state index contributed by atoms with van der Waals surface area (Å²) in [6.45, 7) is 7.98. The lowest BCUT2D eigenvalue weighted by Gasteiger charge is -2.36. The summed E-state index contributed by atoms with van der Waals surface area (Å²) in [7, 11) is 0. The van der Waals surface area contributed by atoms with Crippen molar-refractivity contribution in [2.24, 2.45) is 5.92 Å². The highest BCUT2D eigenvalue weighted by molar-refractivity contribution is 5.56. The summed E-state index contributed by atoms with van der Waals surface area (Å²) in [5.74, 6) is 3.61. The Morgan fingerprint density at radius 2 is 1.74 bits per heavy atom. The van der Waals surface area contributed by atoms with Gasteiger partial charge in [-0.1, -0.05) is 88.8 Å². The molecule has 5 rings (SSSR count). The molecule has 2 aromatic carbocycles. The van der Waals surface area contributed by atoms with Crippen LogP contribution in [0.15, 0.2) is 54.7 Å². The molecule has 38 heavy (non-hydrogen) atoms. The van der Waals surface area contributed by atoms with Gasteiger partial charge in [-0.3, -0.25) is 4.90 Å². The molecule has 1 fully saturated rings. The second-order valence-corrected chi connectivity index (χ2v) is 11.2. The lowest BCUT2D eigenvalue weighted by atomic mass is 9.88. The second kappa shape index (κ2) is 13.3. The third-order valence-corrected chi connectivity index (χ3v) is 8.31. The van der Waals surface area contributed by atoms with Gasteiger partial charge in [0.05, 0.1) is 17.9 Å². The highest BCUT2D eigenvalue weighted by atomic mass is 16.7. The van der Waals surface area contributed by atoms with Crippen molar-refractivity contribution in [3.05, 3.63) is 66.0 Å². The maximum absolute atomic E-state index is 5.74. The first-order chi connectivity index (χ1) is 18.8. The number of unbranched alkanes of at least 4 members (excludes halogenated alkanes) is 2. The zero-order chi connectivity index (χ0) is 26.2. The molecule has 1 aliphatic heterocycles. The van der Waals surface area contributed by atoms with Crippen LogP contribution in [0.4, 0.5) is 0 Å². The summed E-state index contributed by atoms with van der Waals surface area (Å²) >= 11 is 0.